The van der Waals surface area contributed by atoms with Crippen molar-refractivity contribution in [1.29, 1.82) is 0 Å². The maximum Gasteiger partial charge on any atom is 0.308 e. The van der Waals surface area contributed by atoms with E-state index >= 15 is 0 Å². The second-order valence-corrected chi connectivity index (χ2v) is 6.66. The Morgan fingerprint density at radius 1 is 1.47 bits per heavy atom. The minimum Gasteiger partial charge on any atom is -0.481 e. The molecule has 1 aliphatic heterocycles. The van der Waals surface area contributed by atoms with Crippen LogP contribution >= 0.6 is 0 Å². The molecule has 0 radical (unpaired) electrons. The Balaban J connectivity index is 2.61. The fourth-order valence-corrected chi connectivity index (χ4v) is 3.27. The minimum absolute atomic E-state index is 0.0266. The van der Waals surface area contributed by atoms with E-state index in [9.17, 15) is 18.0 Å². The largest absolute Gasteiger partial charge is 0.481 e. The lowest BCUT2D eigenvalue weighted by Gasteiger charge is -2.22. The number of hydrogen-bond acceptors (Lipinski definition) is 4. The molecule has 0 bridgehead atoms. The minimum atomic E-state index is -3.40. The number of aliphatic carboxylic acids is 1. The van der Waals surface area contributed by atoms with Gasteiger partial charge in [-0.1, -0.05) is 6.92 Å². The van der Waals surface area contributed by atoms with Crippen LogP contribution < -0.4 is 5.32 Å². The van der Waals surface area contributed by atoms with Crippen LogP contribution in [0.5, 0.6) is 0 Å². The Morgan fingerprint density at radius 2 is 2.11 bits per heavy atom. The van der Waals surface area contributed by atoms with E-state index < -0.39 is 33.9 Å². The summed E-state index contributed by atoms with van der Waals surface area (Å²) in [5.41, 5.74) is 0. The van der Waals surface area contributed by atoms with Crippen LogP contribution in [0.15, 0.2) is 0 Å². The number of hydrogen-bond donors (Lipinski definition) is 2. The third-order valence-corrected chi connectivity index (χ3v) is 4.59. The lowest BCUT2D eigenvalue weighted by atomic mass is 10.1. The normalized spacial score (nSPS) is 22.1. The number of carbonyl (C=O) groups excluding carboxylic acids is 1. The van der Waals surface area contributed by atoms with Crippen molar-refractivity contribution in [2.45, 2.75) is 32.2 Å². The highest BCUT2D eigenvalue weighted by Gasteiger charge is 2.36. The van der Waals surface area contributed by atoms with E-state index in [-0.39, 0.29) is 6.54 Å². The molecule has 8 heteroatoms. The fraction of sp³-hybridized carbons (Fsp3) is 0.818. The van der Waals surface area contributed by atoms with Crippen molar-refractivity contribution in [3.05, 3.63) is 0 Å². The van der Waals surface area contributed by atoms with Gasteiger partial charge in [-0.25, -0.2) is 8.42 Å². The highest BCUT2D eigenvalue weighted by atomic mass is 32.2. The molecule has 110 valence electrons. The van der Waals surface area contributed by atoms with E-state index in [1.54, 1.807) is 6.92 Å². The molecule has 2 atom stereocenters. The van der Waals surface area contributed by atoms with Crippen molar-refractivity contribution in [1.82, 2.24) is 9.62 Å². The summed E-state index contributed by atoms with van der Waals surface area (Å²) in [6, 6.07) is -0.707. The Labute approximate surface area is 113 Å². The van der Waals surface area contributed by atoms with Crippen LogP contribution in [0.1, 0.15) is 26.2 Å². The molecule has 1 rings (SSSR count). The van der Waals surface area contributed by atoms with E-state index in [0.717, 1.165) is 6.26 Å². The van der Waals surface area contributed by atoms with Crippen molar-refractivity contribution >= 4 is 21.9 Å². The molecule has 0 aromatic rings. The monoisotopic (exact) mass is 292 g/mol. The number of carbonyl (C=O) groups is 2. The first-order valence-corrected chi connectivity index (χ1v) is 8.09. The van der Waals surface area contributed by atoms with Crippen molar-refractivity contribution < 1.29 is 23.1 Å². The van der Waals surface area contributed by atoms with Crippen LogP contribution in [-0.2, 0) is 19.6 Å². The number of carboxylic acid groups (broad SMARTS) is 1. The standard InChI is InChI=1S/C11H20N2O5S/c1-3-8(11(15)16)7-12-10(14)9-5-4-6-13(9)19(2,17)18/h8-9H,3-7H2,1-2H3,(H,12,14)(H,15,16). The Hall–Kier alpha value is -1.15. The van der Waals surface area contributed by atoms with Gasteiger partial charge >= 0.3 is 5.97 Å². The van der Waals surface area contributed by atoms with Gasteiger partial charge in [-0.05, 0) is 19.3 Å². The molecule has 0 aromatic carbocycles. The van der Waals surface area contributed by atoms with E-state index in [1.165, 1.54) is 4.31 Å². The smallest absolute Gasteiger partial charge is 0.308 e. The average molecular weight is 292 g/mol. The summed E-state index contributed by atoms with van der Waals surface area (Å²) in [5, 5.41) is 11.4. The fourth-order valence-electron chi connectivity index (χ4n) is 2.15. The van der Waals surface area contributed by atoms with Gasteiger partial charge < -0.3 is 10.4 Å². The molecular weight excluding hydrogens is 272 g/mol. The summed E-state index contributed by atoms with van der Waals surface area (Å²) in [5.74, 6) is -2.02. The first-order valence-electron chi connectivity index (χ1n) is 6.24. The molecule has 1 aliphatic rings. The number of rotatable bonds is 6. The topological polar surface area (TPSA) is 104 Å². The quantitative estimate of drug-likeness (QED) is 0.695. The number of nitrogens with zero attached hydrogens (tertiary/aromatic N) is 1. The predicted octanol–water partition coefficient (Wildman–Crippen LogP) is -0.363. The number of amides is 1. The molecule has 0 aromatic heterocycles. The summed E-state index contributed by atoms with van der Waals surface area (Å²) in [6.07, 6.45) is 2.60. The highest BCUT2D eigenvalue weighted by molar-refractivity contribution is 7.88. The Bertz CT molecular complexity index is 448. The lowest BCUT2D eigenvalue weighted by molar-refractivity contribution is -0.141. The summed E-state index contributed by atoms with van der Waals surface area (Å²) >= 11 is 0. The first-order chi connectivity index (χ1) is 8.77. The van der Waals surface area contributed by atoms with Crippen LogP contribution in [-0.4, -0.2) is 55.1 Å². The van der Waals surface area contributed by atoms with Crippen LogP contribution in [0.25, 0.3) is 0 Å². The van der Waals surface area contributed by atoms with Crippen molar-refractivity contribution in [3.63, 3.8) is 0 Å². The summed E-state index contributed by atoms with van der Waals surface area (Å²) in [6.45, 7) is 2.09. The van der Waals surface area contributed by atoms with Crippen LogP contribution in [0.3, 0.4) is 0 Å². The van der Waals surface area contributed by atoms with Gasteiger partial charge in [-0.2, -0.15) is 4.31 Å². The maximum atomic E-state index is 11.9. The second kappa shape index (κ2) is 6.33. The summed E-state index contributed by atoms with van der Waals surface area (Å²) in [7, 11) is -3.40. The first kappa shape index (κ1) is 15.9. The predicted molar refractivity (Wildman–Crippen MR) is 69.0 cm³/mol. The van der Waals surface area contributed by atoms with Gasteiger partial charge in [0.05, 0.1) is 12.2 Å². The molecule has 1 amide bonds. The van der Waals surface area contributed by atoms with E-state index in [1.807, 2.05) is 0 Å². The van der Waals surface area contributed by atoms with Gasteiger partial charge in [-0.15, -0.1) is 0 Å². The molecule has 0 saturated carbocycles. The SMILES string of the molecule is CCC(CNC(=O)C1CCCN1S(C)(=O)=O)C(=O)O. The Morgan fingerprint density at radius 3 is 2.58 bits per heavy atom. The number of nitrogens with one attached hydrogen (secondary N) is 1. The summed E-state index contributed by atoms with van der Waals surface area (Å²) < 4.78 is 24.2. The van der Waals surface area contributed by atoms with E-state index in [4.69, 9.17) is 5.11 Å². The third kappa shape index (κ3) is 4.17. The van der Waals surface area contributed by atoms with Gasteiger partial charge in [0.15, 0.2) is 0 Å². The molecule has 1 heterocycles. The maximum absolute atomic E-state index is 11.9. The zero-order valence-electron chi connectivity index (χ0n) is 11.1. The van der Waals surface area contributed by atoms with Gasteiger partial charge in [0.1, 0.15) is 6.04 Å². The van der Waals surface area contributed by atoms with Crippen molar-refractivity contribution in [2.24, 2.45) is 5.92 Å². The van der Waals surface area contributed by atoms with Crippen LogP contribution in [0.4, 0.5) is 0 Å². The molecule has 7 nitrogen and oxygen atoms in total. The van der Waals surface area contributed by atoms with Gasteiger partial charge in [0.25, 0.3) is 0 Å². The van der Waals surface area contributed by atoms with Crippen LogP contribution in [0, 0.1) is 5.92 Å². The molecule has 2 unspecified atom stereocenters. The zero-order chi connectivity index (χ0) is 14.6. The van der Waals surface area contributed by atoms with Gasteiger partial charge in [0, 0.05) is 13.1 Å². The molecule has 2 N–H and O–H groups in total. The second-order valence-electron chi connectivity index (χ2n) is 4.72. The zero-order valence-corrected chi connectivity index (χ0v) is 11.9. The number of carboxylic acids is 1. The molecule has 0 aliphatic carbocycles. The van der Waals surface area contributed by atoms with E-state index in [0.29, 0.717) is 25.8 Å². The summed E-state index contributed by atoms with van der Waals surface area (Å²) in [4.78, 5) is 22.8. The van der Waals surface area contributed by atoms with E-state index in [2.05, 4.69) is 5.32 Å². The Kier molecular flexibility index (Phi) is 5.30. The van der Waals surface area contributed by atoms with Gasteiger partial charge in [0.2, 0.25) is 15.9 Å². The molecule has 1 saturated heterocycles. The molecule has 0 spiro atoms. The molecular formula is C11H20N2O5S. The van der Waals surface area contributed by atoms with Crippen molar-refractivity contribution in [2.75, 3.05) is 19.3 Å². The highest BCUT2D eigenvalue weighted by Crippen LogP contribution is 2.20. The van der Waals surface area contributed by atoms with Crippen molar-refractivity contribution in [3.8, 4) is 0 Å². The van der Waals surface area contributed by atoms with Gasteiger partial charge in [-0.3, -0.25) is 9.59 Å². The average Bonchev–Trinajstić information content (AvgIpc) is 2.77. The number of sulfonamides is 1. The van der Waals surface area contributed by atoms with Crippen LogP contribution in [0.2, 0.25) is 0 Å². The molecule has 1 fully saturated rings. The lowest BCUT2D eigenvalue weighted by Crippen LogP contribution is -2.47. The third-order valence-electron chi connectivity index (χ3n) is 3.30. The molecule has 19 heavy (non-hydrogen) atoms.